The largest absolute Gasteiger partial charge is 0.481 e. The third-order valence-electron chi connectivity index (χ3n) is 5.20. The highest BCUT2D eigenvalue weighted by atomic mass is 16.4. The van der Waals surface area contributed by atoms with Crippen LogP contribution in [0.3, 0.4) is 0 Å². The molecule has 30 heavy (non-hydrogen) atoms. The van der Waals surface area contributed by atoms with Crippen LogP contribution in [0.1, 0.15) is 44.6 Å². The summed E-state index contributed by atoms with van der Waals surface area (Å²) in [6, 6.07) is 9.70. The number of carboxylic acid groups (broad SMARTS) is 1. The number of hydrogen-bond acceptors (Lipinski definition) is 5. The van der Waals surface area contributed by atoms with E-state index in [0.29, 0.717) is 5.92 Å². The number of allylic oxidation sites excluding steroid dienone is 4. The second kappa shape index (κ2) is 12.3. The molecule has 0 bridgehead atoms. The minimum Gasteiger partial charge on any atom is -0.481 e. The van der Waals surface area contributed by atoms with E-state index in [1.165, 1.54) is 11.1 Å². The van der Waals surface area contributed by atoms with E-state index in [1.807, 2.05) is 25.1 Å². The number of amides is 1. The van der Waals surface area contributed by atoms with Crippen LogP contribution in [0, 0.1) is 5.92 Å². The van der Waals surface area contributed by atoms with Gasteiger partial charge in [0.2, 0.25) is 5.91 Å². The number of hydrogen-bond donors (Lipinski definition) is 5. The number of carboxylic acids is 1. The van der Waals surface area contributed by atoms with Crippen LogP contribution in [0.25, 0.3) is 5.57 Å². The summed E-state index contributed by atoms with van der Waals surface area (Å²) >= 11 is 0. The van der Waals surface area contributed by atoms with Crippen molar-refractivity contribution in [3.63, 3.8) is 0 Å². The second-order valence-electron chi connectivity index (χ2n) is 7.82. The standard InChI is InChI=1S/C23H33N3O4/c1-16(26-20(13-14-22(28)29)23(30)25-15-21(24)27)7-8-17-9-11-19(12-10-17)18-5-3-2-4-6-18/h2-6,9,11-12,16-17,20-21,26-27H,7-8,10,13-15,24H2,1H3,(H,25,30)(H,28,29). The molecule has 164 valence electrons. The molecule has 1 aliphatic rings. The summed E-state index contributed by atoms with van der Waals surface area (Å²) in [5.74, 6) is -0.851. The van der Waals surface area contributed by atoms with E-state index in [1.54, 1.807) is 0 Å². The lowest BCUT2D eigenvalue weighted by molar-refractivity contribution is -0.137. The van der Waals surface area contributed by atoms with Gasteiger partial charge < -0.3 is 26.6 Å². The van der Waals surface area contributed by atoms with E-state index in [2.05, 4.69) is 41.0 Å². The molecule has 0 aromatic heterocycles. The molecule has 0 heterocycles. The molecule has 1 aliphatic carbocycles. The van der Waals surface area contributed by atoms with Gasteiger partial charge in [-0.15, -0.1) is 0 Å². The Morgan fingerprint density at radius 1 is 1.23 bits per heavy atom. The summed E-state index contributed by atoms with van der Waals surface area (Å²) in [7, 11) is 0. The van der Waals surface area contributed by atoms with Crippen LogP contribution in [-0.2, 0) is 9.59 Å². The van der Waals surface area contributed by atoms with Gasteiger partial charge in [-0.3, -0.25) is 9.59 Å². The Morgan fingerprint density at radius 3 is 2.57 bits per heavy atom. The van der Waals surface area contributed by atoms with Crippen molar-refractivity contribution in [1.82, 2.24) is 10.6 Å². The molecule has 4 atom stereocenters. The van der Waals surface area contributed by atoms with Gasteiger partial charge in [-0.25, -0.2) is 0 Å². The normalized spacial score (nSPS) is 18.9. The Morgan fingerprint density at radius 2 is 1.97 bits per heavy atom. The number of carbonyl (C=O) groups excluding carboxylic acids is 1. The lowest BCUT2D eigenvalue weighted by Crippen LogP contribution is -2.50. The summed E-state index contributed by atoms with van der Waals surface area (Å²) in [6.45, 7) is 1.93. The van der Waals surface area contributed by atoms with E-state index in [-0.39, 0.29) is 31.3 Å². The fourth-order valence-corrected chi connectivity index (χ4v) is 3.50. The van der Waals surface area contributed by atoms with Gasteiger partial charge in [-0.05, 0) is 49.7 Å². The number of carbonyl (C=O) groups is 2. The summed E-state index contributed by atoms with van der Waals surface area (Å²) in [4.78, 5) is 23.2. The fraction of sp³-hybridized carbons (Fsp3) is 0.478. The van der Waals surface area contributed by atoms with Crippen molar-refractivity contribution in [2.45, 2.75) is 57.3 Å². The molecule has 7 nitrogen and oxygen atoms in total. The molecule has 1 aromatic carbocycles. The molecule has 0 fully saturated rings. The quantitative estimate of drug-likeness (QED) is 0.333. The molecule has 1 amide bonds. The average Bonchev–Trinajstić information content (AvgIpc) is 2.74. The third kappa shape index (κ3) is 8.49. The lowest BCUT2D eigenvalue weighted by Gasteiger charge is -2.24. The summed E-state index contributed by atoms with van der Waals surface area (Å²) in [5, 5.41) is 23.9. The van der Waals surface area contributed by atoms with E-state index >= 15 is 0 Å². The number of nitrogens with two attached hydrogens (primary N) is 1. The Hall–Kier alpha value is -2.48. The highest BCUT2D eigenvalue weighted by Crippen LogP contribution is 2.26. The number of aliphatic hydroxyl groups is 1. The topological polar surface area (TPSA) is 125 Å². The maximum atomic E-state index is 12.3. The molecule has 7 heteroatoms. The van der Waals surface area contributed by atoms with Crippen molar-refractivity contribution in [3.05, 3.63) is 54.1 Å². The molecular formula is C23H33N3O4. The smallest absolute Gasteiger partial charge is 0.303 e. The fourth-order valence-electron chi connectivity index (χ4n) is 3.50. The number of aliphatic carboxylic acids is 1. The summed E-state index contributed by atoms with van der Waals surface area (Å²) in [5.41, 5.74) is 7.72. The number of aliphatic hydroxyl groups excluding tert-OH is 1. The van der Waals surface area contributed by atoms with Crippen LogP contribution in [0.4, 0.5) is 0 Å². The number of nitrogens with one attached hydrogen (secondary N) is 2. The van der Waals surface area contributed by atoms with Crippen LogP contribution in [0.2, 0.25) is 0 Å². The van der Waals surface area contributed by atoms with Gasteiger partial charge in [0.25, 0.3) is 0 Å². The molecular weight excluding hydrogens is 382 g/mol. The molecule has 0 saturated carbocycles. The van der Waals surface area contributed by atoms with Crippen LogP contribution in [0.15, 0.2) is 48.6 Å². The molecule has 4 unspecified atom stereocenters. The second-order valence-corrected chi connectivity index (χ2v) is 7.82. The van der Waals surface area contributed by atoms with Gasteiger partial charge in [0.1, 0.15) is 6.23 Å². The molecule has 0 saturated heterocycles. The van der Waals surface area contributed by atoms with Crippen molar-refractivity contribution < 1.29 is 19.8 Å². The molecule has 2 rings (SSSR count). The van der Waals surface area contributed by atoms with Gasteiger partial charge in [-0.1, -0.05) is 48.6 Å². The van der Waals surface area contributed by atoms with Gasteiger partial charge in [0.05, 0.1) is 12.6 Å². The van der Waals surface area contributed by atoms with Crippen LogP contribution in [0.5, 0.6) is 0 Å². The maximum Gasteiger partial charge on any atom is 0.303 e. The first-order chi connectivity index (χ1) is 14.3. The van der Waals surface area contributed by atoms with Crippen molar-refractivity contribution in [1.29, 1.82) is 0 Å². The van der Waals surface area contributed by atoms with E-state index in [4.69, 9.17) is 15.9 Å². The van der Waals surface area contributed by atoms with Crippen molar-refractivity contribution in [2.24, 2.45) is 11.7 Å². The Kier molecular flexibility index (Phi) is 9.73. The van der Waals surface area contributed by atoms with E-state index < -0.39 is 18.2 Å². The summed E-state index contributed by atoms with van der Waals surface area (Å²) < 4.78 is 0. The zero-order chi connectivity index (χ0) is 21.9. The van der Waals surface area contributed by atoms with Crippen LogP contribution in [-0.4, -0.2) is 46.9 Å². The maximum absolute atomic E-state index is 12.3. The molecule has 0 aliphatic heterocycles. The van der Waals surface area contributed by atoms with Crippen molar-refractivity contribution in [3.8, 4) is 0 Å². The Balaban J connectivity index is 1.81. The van der Waals surface area contributed by atoms with Crippen molar-refractivity contribution in [2.75, 3.05) is 6.54 Å². The summed E-state index contributed by atoms with van der Waals surface area (Å²) in [6.07, 6.45) is 8.41. The lowest BCUT2D eigenvalue weighted by atomic mass is 9.89. The Labute approximate surface area is 178 Å². The molecule has 0 radical (unpaired) electrons. The minimum atomic E-state index is -1.14. The van der Waals surface area contributed by atoms with Gasteiger partial charge >= 0.3 is 5.97 Å². The average molecular weight is 416 g/mol. The van der Waals surface area contributed by atoms with Gasteiger partial charge in [0, 0.05) is 12.5 Å². The highest BCUT2D eigenvalue weighted by molar-refractivity contribution is 5.82. The molecule has 6 N–H and O–H groups in total. The van der Waals surface area contributed by atoms with Gasteiger partial charge in [0.15, 0.2) is 0 Å². The monoisotopic (exact) mass is 415 g/mol. The molecule has 0 spiro atoms. The first-order valence-corrected chi connectivity index (χ1v) is 10.5. The zero-order valence-corrected chi connectivity index (χ0v) is 17.5. The predicted octanol–water partition coefficient (Wildman–Crippen LogP) is 2.03. The SMILES string of the molecule is CC(CCC1C=CC(c2ccccc2)=CC1)NC(CCC(=O)O)C(=O)NCC(N)O. The first kappa shape index (κ1) is 23.8. The molecule has 1 aromatic rings. The predicted molar refractivity (Wildman–Crippen MR) is 117 cm³/mol. The van der Waals surface area contributed by atoms with Crippen molar-refractivity contribution >= 4 is 17.4 Å². The minimum absolute atomic E-state index is 0.0465. The number of rotatable bonds is 12. The van der Waals surface area contributed by atoms with Gasteiger partial charge in [-0.2, -0.15) is 0 Å². The Bertz CT molecular complexity index is 746. The van der Waals surface area contributed by atoms with Crippen LogP contribution >= 0.6 is 0 Å². The van der Waals surface area contributed by atoms with Crippen LogP contribution < -0.4 is 16.4 Å². The van der Waals surface area contributed by atoms with E-state index in [9.17, 15) is 9.59 Å². The first-order valence-electron chi connectivity index (χ1n) is 10.5. The highest BCUT2D eigenvalue weighted by Gasteiger charge is 2.22. The zero-order valence-electron chi connectivity index (χ0n) is 17.5. The third-order valence-corrected chi connectivity index (χ3v) is 5.20. The number of benzene rings is 1. The van der Waals surface area contributed by atoms with E-state index in [0.717, 1.165) is 19.3 Å².